The molecule has 0 aliphatic heterocycles. The summed E-state index contributed by atoms with van der Waals surface area (Å²) in [5.41, 5.74) is -0.107. The van der Waals surface area contributed by atoms with Crippen LogP contribution in [0.5, 0.6) is 5.75 Å². The molecule has 1 heterocycles. The number of nitrogens with zero attached hydrogens (tertiary/aromatic N) is 2. The molecule has 0 saturated heterocycles. The fourth-order valence-corrected chi connectivity index (χ4v) is 2.57. The summed E-state index contributed by atoms with van der Waals surface area (Å²) in [6.45, 7) is 2.72. The van der Waals surface area contributed by atoms with E-state index < -0.39 is 5.97 Å². The summed E-state index contributed by atoms with van der Waals surface area (Å²) in [7, 11) is 0. The Bertz CT molecular complexity index is 680. The largest absolute Gasteiger partial charge is 0.492 e. The van der Waals surface area contributed by atoms with Crippen LogP contribution in [-0.2, 0) is 6.54 Å². The third kappa shape index (κ3) is 3.66. The van der Waals surface area contributed by atoms with Gasteiger partial charge in [0.1, 0.15) is 11.3 Å². The number of carbonyl (C=O) groups is 1. The molecule has 0 atom stereocenters. The SMILES string of the molecule is CCn1c(SCCOc2ccccc2C(=O)O)n[nH]c1=O. The number of para-hydroxylation sites is 1. The highest BCUT2D eigenvalue weighted by molar-refractivity contribution is 7.99. The van der Waals surface area contributed by atoms with Crippen molar-refractivity contribution >= 4 is 17.7 Å². The van der Waals surface area contributed by atoms with Crippen LogP contribution in [0.15, 0.2) is 34.2 Å². The van der Waals surface area contributed by atoms with Crippen molar-refractivity contribution in [2.24, 2.45) is 0 Å². The number of thioether (sulfide) groups is 1. The molecule has 0 aliphatic carbocycles. The Morgan fingerprint density at radius 3 is 2.95 bits per heavy atom. The van der Waals surface area contributed by atoms with Crippen LogP contribution in [0.2, 0.25) is 0 Å². The first-order valence-electron chi connectivity index (χ1n) is 6.36. The number of hydrogen-bond donors (Lipinski definition) is 2. The lowest BCUT2D eigenvalue weighted by Gasteiger charge is -2.08. The summed E-state index contributed by atoms with van der Waals surface area (Å²) in [6.07, 6.45) is 0. The maximum atomic E-state index is 11.4. The topological polar surface area (TPSA) is 97.2 Å². The number of aromatic nitrogens is 3. The first-order valence-corrected chi connectivity index (χ1v) is 7.35. The van der Waals surface area contributed by atoms with E-state index in [1.807, 2.05) is 6.92 Å². The normalized spacial score (nSPS) is 10.5. The number of aromatic carboxylic acids is 1. The standard InChI is InChI=1S/C13H15N3O4S/c1-2-16-12(19)14-15-13(16)21-8-7-20-10-6-4-3-5-9(10)11(17)18/h3-6H,2,7-8H2,1H3,(H,14,19)(H,17,18). The molecule has 21 heavy (non-hydrogen) atoms. The molecule has 0 aliphatic rings. The number of hydrogen-bond acceptors (Lipinski definition) is 5. The third-order valence-corrected chi connectivity index (χ3v) is 3.67. The van der Waals surface area contributed by atoms with Crippen molar-refractivity contribution in [3.8, 4) is 5.75 Å². The number of H-pyrrole nitrogens is 1. The Morgan fingerprint density at radius 1 is 1.48 bits per heavy atom. The summed E-state index contributed by atoms with van der Waals surface area (Å²) < 4.78 is 7.00. The number of carboxylic acids is 1. The highest BCUT2D eigenvalue weighted by Crippen LogP contribution is 2.19. The lowest BCUT2D eigenvalue weighted by atomic mass is 10.2. The van der Waals surface area contributed by atoms with E-state index in [9.17, 15) is 9.59 Å². The average molecular weight is 309 g/mol. The second kappa shape index (κ2) is 6.98. The average Bonchev–Trinajstić information content (AvgIpc) is 2.84. The molecular weight excluding hydrogens is 294 g/mol. The van der Waals surface area contributed by atoms with Crippen LogP contribution >= 0.6 is 11.8 Å². The van der Waals surface area contributed by atoms with Gasteiger partial charge in [-0.1, -0.05) is 23.9 Å². The van der Waals surface area contributed by atoms with Gasteiger partial charge >= 0.3 is 11.7 Å². The minimum absolute atomic E-state index is 0.132. The Morgan fingerprint density at radius 2 is 2.24 bits per heavy atom. The zero-order chi connectivity index (χ0) is 15.2. The molecule has 2 aromatic rings. The number of nitrogens with one attached hydrogen (secondary N) is 1. The molecule has 0 fully saturated rings. The molecule has 112 valence electrons. The number of benzene rings is 1. The number of ether oxygens (including phenoxy) is 1. The minimum atomic E-state index is -1.02. The van der Waals surface area contributed by atoms with Gasteiger partial charge in [-0.25, -0.2) is 14.7 Å². The van der Waals surface area contributed by atoms with Crippen LogP contribution in [0, 0.1) is 0 Å². The monoisotopic (exact) mass is 309 g/mol. The molecule has 1 aromatic carbocycles. The lowest BCUT2D eigenvalue weighted by Crippen LogP contribution is -2.16. The van der Waals surface area contributed by atoms with Crippen molar-refractivity contribution in [3.05, 3.63) is 40.3 Å². The lowest BCUT2D eigenvalue weighted by molar-refractivity contribution is 0.0692. The second-order valence-electron chi connectivity index (χ2n) is 4.05. The van der Waals surface area contributed by atoms with Crippen LogP contribution in [0.25, 0.3) is 0 Å². The van der Waals surface area contributed by atoms with Gasteiger partial charge in [-0.2, -0.15) is 0 Å². The zero-order valence-corrected chi connectivity index (χ0v) is 12.2. The second-order valence-corrected chi connectivity index (χ2v) is 5.12. The van der Waals surface area contributed by atoms with Crippen molar-refractivity contribution in [3.63, 3.8) is 0 Å². The van der Waals surface area contributed by atoms with E-state index >= 15 is 0 Å². The Labute approximate surface area is 124 Å². The predicted octanol–water partition coefficient (Wildman–Crippen LogP) is 1.46. The van der Waals surface area contributed by atoms with Crippen molar-refractivity contribution in [2.75, 3.05) is 12.4 Å². The van der Waals surface area contributed by atoms with Gasteiger partial charge < -0.3 is 9.84 Å². The Kier molecular flexibility index (Phi) is 5.04. The molecule has 0 saturated carbocycles. The number of aromatic amines is 1. The first kappa shape index (κ1) is 15.2. The highest BCUT2D eigenvalue weighted by Gasteiger charge is 2.10. The number of carboxylic acid groups (broad SMARTS) is 1. The summed E-state index contributed by atoms with van der Waals surface area (Å²) in [4.78, 5) is 22.4. The van der Waals surface area contributed by atoms with Gasteiger partial charge in [-0.05, 0) is 19.1 Å². The maximum absolute atomic E-state index is 11.4. The van der Waals surface area contributed by atoms with E-state index in [0.717, 1.165) is 0 Å². The van der Waals surface area contributed by atoms with Gasteiger partial charge in [0.2, 0.25) is 0 Å². The van der Waals surface area contributed by atoms with Crippen molar-refractivity contribution in [2.45, 2.75) is 18.6 Å². The number of rotatable bonds is 7. The van der Waals surface area contributed by atoms with E-state index in [-0.39, 0.29) is 11.3 Å². The molecule has 2 rings (SSSR count). The molecule has 0 unspecified atom stereocenters. The van der Waals surface area contributed by atoms with Crippen molar-refractivity contribution in [1.82, 2.24) is 14.8 Å². The smallest absolute Gasteiger partial charge is 0.343 e. The van der Waals surface area contributed by atoms with Gasteiger partial charge in [0.05, 0.1) is 6.61 Å². The minimum Gasteiger partial charge on any atom is -0.492 e. The van der Waals surface area contributed by atoms with Gasteiger partial charge in [0, 0.05) is 12.3 Å². The van der Waals surface area contributed by atoms with E-state index in [2.05, 4.69) is 10.2 Å². The fraction of sp³-hybridized carbons (Fsp3) is 0.308. The molecule has 0 radical (unpaired) electrons. The molecule has 2 N–H and O–H groups in total. The third-order valence-electron chi connectivity index (χ3n) is 2.73. The summed E-state index contributed by atoms with van der Waals surface area (Å²) in [5.74, 6) is -0.135. The quantitative estimate of drug-likeness (QED) is 0.593. The molecule has 0 bridgehead atoms. The van der Waals surface area contributed by atoms with Crippen molar-refractivity contribution < 1.29 is 14.6 Å². The summed E-state index contributed by atoms with van der Waals surface area (Å²) in [5, 5.41) is 15.9. The van der Waals surface area contributed by atoms with Crippen LogP contribution in [0.4, 0.5) is 0 Å². The van der Waals surface area contributed by atoms with Crippen LogP contribution in [0.3, 0.4) is 0 Å². The predicted molar refractivity (Wildman–Crippen MR) is 78.1 cm³/mol. The molecule has 7 nitrogen and oxygen atoms in total. The molecule has 8 heteroatoms. The van der Waals surface area contributed by atoms with E-state index in [1.165, 1.54) is 22.4 Å². The molecule has 1 aromatic heterocycles. The van der Waals surface area contributed by atoms with Crippen LogP contribution < -0.4 is 10.4 Å². The molecular formula is C13H15N3O4S. The van der Waals surface area contributed by atoms with E-state index in [4.69, 9.17) is 9.84 Å². The first-order chi connectivity index (χ1) is 10.1. The summed E-state index contributed by atoms with van der Waals surface area (Å²) in [6, 6.07) is 6.48. The van der Waals surface area contributed by atoms with Crippen molar-refractivity contribution in [1.29, 1.82) is 0 Å². The Hall–Kier alpha value is -2.22. The summed E-state index contributed by atoms with van der Waals surface area (Å²) >= 11 is 1.37. The molecule has 0 spiro atoms. The highest BCUT2D eigenvalue weighted by atomic mass is 32.2. The van der Waals surface area contributed by atoms with Crippen LogP contribution in [0.1, 0.15) is 17.3 Å². The van der Waals surface area contributed by atoms with Gasteiger partial charge in [-0.3, -0.25) is 4.57 Å². The van der Waals surface area contributed by atoms with E-state index in [0.29, 0.717) is 29.8 Å². The molecule has 0 amide bonds. The zero-order valence-electron chi connectivity index (χ0n) is 11.4. The van der Waals surface area contributed by atoms with Crippen LogP contribution in [-0.4, -0.2) is 38.2 Å². The van der Waals surface area contributed by atoms with E-state index in [1.54, 1.807) is 18.2 Å². The van der Waals surface area contributed by atoms with Gasteiger partial charge in [0.25, 0.3) is 0 Å². The van der Waals surface area contributed by atoms with Gasteiger partial charge in [0.15, 0.2) is 5.16 Å². The Balaban J connectivity index is 1.91. The fourth-order valence-electron chi connectivity index (χ4n) is 1.75. The van der Waals surface area contributed by atoms with Gasteiger partial charge in [-0.15, -0.1) is 5.10 Å². The maximum Gasteiger partial charge on any atom is 0.343 e.